The lowest BCUT2D eigenvalue weighted by atomic mass is 10.1. The number of carbonyl (C=O) groups excluding carboxylic acids is 1. The van der Waals surface area contributed by atoms with Gasteiger partial charge in [-0.05, 0) is 30.5 Å². The summed E-state index contributed by atoms with van der Waals surface area (Å²) in [5.74, 6) is -0.203. The Morgan fingerprint density at radius 3 is 2.89 bits per heavy atom. The fraction of sp³-hybridized carbons (Fsp3) is 0.231. The first-order chi connectivity index (χ1) is 8.72. The van der Waals surface area contributed by atoms with Gasteiger partial charge in [0.2, 0.25) is 0 Å². The second-order valence-electron chi connectivity index (χ2n) is 3.82. The molecule has 2 aromatic heterocycles. The lowest BCUT2D eigenvalue weighted by Crippen LogP contribution is -2.27. The van der Waals surface area contributed by atoms with Crippen LogP contribution in [0.3, 0.4) is 0 Å². The van der Waals surface area contributed by atoms with E-state index < -0.39 is 0 Å². The smallest absolute Gasteiger partial charge is 0.253 e. The summed E-state index contributed by atoms with van der Waals surface area (Å²) in [6.07, 6.45) is 0. The molecule has 0 spiro atoms. The Hall–Kier alpha value is -1.72. The third-order valence-corrected chi connectivity index (χ3v) is 3.23. The van der Waals surface area contributed by atoms with Crippen molar-refractivity contribution in [3.8, 4) is 11.3 Å². The summed E-state index contributed by atoms with van der Waals surface area (Å²) in [4.78, 5) is 16.2. The molecule has 18 heavy (non-hydrogen) atoms. The fourth-order valence-corrected chi connectivity index (χ4v) is 2.29. The molecule has 2 heterocycles. The van der Waals surface area contributed by atoms with Crippen molar-refractivity contribution in [3.05, 3.63) is 40.2 Å². The Balaban J connectivity index is 2.23. The quantitative estimate of drug-likeness (QED) is 0.883. The number of pyridine rings is 1. The van der Waals surface area contributed by atoms with Crippen LogP contribution in [0.5, 0.6) is 0 Å². The molecule has 0 saturated carbocycles. The highest BCUT2D eigenvalue weighted by molar-refractivity contribution is 7.08. The summed E-state index contributed by atoms with van der Waals surface area (Å²) in [5, 5.41) is 15.3. The maximum Gasteiger partial charge on any atom is 0.253 e. The van der Waals surface area contributed by atoms with E-state index in [1.165, 1.54) is 0 Å². The average Bonchev–Trinajstić information content (AvgIpc) is 2.89. The van der Waals surface area contributed by atoms with Crippen molar-refractivity contribution in [2.24, 2.45) is 0 Å². The first kappa shape index (κ1) is 12.7. The number of aryl methyl sites for hydroxylation is 1. The molecule has 0 aliphatic rings. The van der Waals surface area contributed by atoms with Crippen LogP contribution in [0.1, 0.15) is 16.1 Å². The Bertz CT molecular complexity index is 538. The molecule has 2 aromatic rings. The van der Waals surface area contributed by atoms with Crippen molar-refractivity contribution < 1.29 is 9.90 Å². The van der Waals surface area contributed by atoms with Gasteiger partial charge in [-0.3, -0.25) is 9.78 Å². The molecule has 0 unspecified atom stereocenters. The number of aromatic nitrogens is 1. The molecule has 0 saturated heterocycles. The molecule has 0 aliphatic heterocycles. The molecule has 4 nitrogen and oxygen atoms in total. The van der Waals surface area contributed by atoms with Gasteiger partial charge >= 0.3 is 0 Å². The SMILES string of the molecule is Cc1nc(-c2ccsc2)ccc1C(=O)NCCO. The van der Waals surface area contributed by atoms with Crippen LogP contribution < -0.4 is 5.32 Å². The monoisotopic (exact) mass is 262 g/mol. The third-order valence-electron chi connectivity index (χ3n) is 2.54. The zero-order valence-corrected chi connectivity index (χ0v) is 10.8. The first-order valence-electron chi connectivity index (χ1n) is 5.61. The van der Waals surface area contributed by atoms with Gasteiger partial charge in [0.05, 0.1) is 23.6 Å². The summed E-state index contributed by atoms with van der Waals surface area (Å²) in [5.41, 5.74) is 3.16. The van der Waals surface area contributed by atoms with Crippen molar-refractivity contribution in [1.82, 2.24) is 10.3 Å². The number of carbonyl (C=O) groups is 1. The second-order valence-corrected chi connectivity index (χ2v) is 4.60. The zero-order chi connectivity index (χ0) is 13.0. The summed E-state index contributed by atoms with van der Waals surface area (Å²) in [6, 6.07) is 5.60. The minimum atomic E-state index is -0.203. The molecule has 0 bridgehead atoms. The molecule has 2 rings (SSSR count). The first-order valence-corrected chi connectivity index (χ1v) is 6.56. The van der Waals surface area contributed by atoms with Crippen molar-refractivity contribution >= 4 is 17.2 Å². The Labute approximate surface area is 109 Å². The van der Waals surface area contributed by atoms with Gasteiger partial charge in [0.1, 0.15) is 0 Å². The Morgan fingerprint density at radius 2 is 2.28 bits per heavy atom. The molecule has 1 amide bonds. The average molecular weight is 262 g/mol. The van der Waals surface area contributed by atoms with Crippen LogP contribution in [0.4, 0.5) is 0 Å². The molecule has 0 aliphatic carbocycles. The minimum absolute atomic E-state index is 0.0643. The topological polar surface area (TPSA) is 62.2 Å². The lowest BCUT2D eigenvalue weighted by molar-refractivity contribution is 0.0944. The van der Waals surface area contributed by atoms with E-state index in [9.17, 15) is 4.79 Å². The van der Waals surface area contributed by atoms with E-state index in [1.807, 2.05) is 29.8 Å². The maximum absolute atomic E-state index is 11.8. The van der Waals surface area contributed by atoms with Crippen molar-refractivity contribution in [2.75, 3.05) is 13.2 Å². The molecule has 5 heteroatoms. The molecule has 0 aromatic carbocycles. The molecule has 94 valence electrons. The van der Waals surface area contributed by atoms with Gasteiger partial charge in [-0.2, -0.15) is 11.3 Å². The highest BCUT2D eigenvalue weighted by Crippen LogP contribution is 2.21. The number of thiophene rings is 1. The van der Waals surface area contributed by atoms with E-state index in [-0.39, 0.29) is 19.1 Å². The minimum Gasteiger partial charge on any atom is -0.395 e. The number of nitrogens with one attached hydrogen (secondary N) is 1. The predicted molar refractivity (Wildman–Crippen MR) is 71.7 cm³/mol. The van der Waals surface area contributed by atoms with Gasteiger partial charge in [-0.15, -0.1) is 0 Å². The lowest BCUT2D eigenvalue weighted by Gasteiger charge is -2.07. The predicted octanol–water partition coefficient (Wildman–Crippen LogP) is 1.84. The second kappa shape index (κ2) is 5.75. The van der Waals surface area contributed by atoms with E-state index >= 15 is 0 Å². The van der Waals surface area contributed by atoms with Crippen LogP contribution in [0, 0.1) is 6.92 Å². The highest BCUT2D eigenvalue weighted by atomic mass is 32.1. The van der Waals surface area contributed by atoms with Crippen LogP contribution in [-0.4, -0.2) is 29.1 Å². The van der Waals surface area contributed by atoms with E-state index in [0.29, 0.717) is 11.3 Å². The number of nitrogens with zero attached hydrogens (tertiary/aromatic N) is 1. The molecule has 2 N–H and O–H groups in total. The molecular weight excluding hydrogens is 248 g/mol. The van der Waals surface area contributed by atoms with Crippen molar-refractivity contribution in [1.29, 1.82) is 0 Å². The fourth-order valence-electron chi connectivity index (χ4n) is 1.64. The van der Waals surface area contributed by atoms with E-state index in [0.717, 1.165) is 11.3 Å². The summed E-state index contributed by atoms with van der Waals surface area (Å²) in [6.45, 7) is 2.00. The summed E-state index contributed by atoms with van der Waals surface area (Å²) in [7, 11) is 0. The van der Waals surface area contributed by atoms with Crippen LogP contribution >= 0.6 is 11.3 Å². The summed E-state index contributed by atoms with van der Waals surface area (Å²) < 4.78 is 0. The van der Waals surface area contributed by atoms with E-state index in [2.05, 4.69) is 10.3 Å². The largest absolute Gasteiger partial charge is 0.395 e. The third kappa shape index (κ3) is 2.75. The van der Waals surface area contributed by atoms with Crippen LogP contribution in [-0.2, 0) is 0 Å². The standard InChI is InChI=1S/C13H14N2O2S/c1-9-11(13(17)14-5-6-16)2-3-12(15-9)10-4-7-18-8-10/h2-4,7-8,16H,5-6H2,1H3,(H,14,17). The highest BCUT2D eigenvalue weighted by Gasteiger charge is 2.10. The number of aliphatic hydroxyl groups is 1. The van der Waals surface area contributed by atoms with E-state index in [4.69, 9.17) is 5.11 Å². The number of rotatable bonds is 4. The van der Waals surface area contributed by atoms with Crippen molar-refractivity contribution in [2.45, 2.75) is 6.92 Å². The maximum atomic E-state index is 11.8. The van der Waals surface area contributed by atoms with E-state index in [1.54, 1.807) is 17.4 Å². The molecular formula is C13H14N2O2S. The molecule has 0 radical (unpaired) electrons. The zero-order valence-electron chi connectivity index (χ0n) is 10.0. The van der Waals surface area contributed by atoms with Gasteiger partial charge in [0, 0.05) is 17.5 Å². The van der Waals surface area contributed by atoms with Gasteiger partial charge in [-0.25, -0.2) is 0 Å². The number of hydrogen-bond acceptors (Lipinski definition) is 4. The summed E-state index contributed by atoms with van der Waals surface area (Å²) >= 11 is 1.61. The number of hydrogen-bond donors (Lipinski definition) is 2. The van der Waals surface area contributed by atoms with Crippen molar-refractivity contribution in [3.63, 3.8) is 0 Å². The van der Waals surface area contributed by atoms with Gasteiger partial charge < -0.3 is 10.4 Å². The normalized spacial score (nSPS) is 10.3. The van der Waals surface area contributed by atoms with Crippen LogP contribution in [0.15, 0.2) is 29.0 Å². The van der Waals surface area contributed by atoms with Gasteiger partial charge in [0.15, 0.2) is 0 Å². The van der Waals surface area contributed by atoms with Crippen LogP contribution in [0.2, 0.25) is 0 Å². The molecule has 0 fully saturated rings. The Morgan fingerprint density at radius 1 is 1.44 bits per heavy atom. The van der Waals surface area contributed by atoms with Gasteiger partial charge in [-0.1, -0.05) is 0 Å². The number of amides is 1. The number of aliphatic hydroxyl groups excluding tert-OH is 1. The van der Waals surface area contributed by atoms with Crippen LogP contribution in [0.25, 0.3) is 11.3 Å². The van der Waals surface area contributed by atoms with Gasteiger partial charge in [0.25, 0.3) is 5.91 Å². The Kier molecular flexibility index (Phi) is 4.07. The molecule has 0 atom stereocenters.